The third kappa shape index (κ3) is 5.82. The Morgan fingerprint density at radius 1 is 1.04 bits per heavy atom. The summed E-state index contributed by atoms with van der Waals surface area (Å²) in [6, 6.07) is 18.6. The van der Waals surface area contributed by atoms with Crippen LogP contribution in [0.15, 0.2) is 60.7 Å². The van der Waals surface area contributed by atoms with Gasteiger partial charge in [-0.3, -0.25) is 10.1 Å². The zero-order valence-corrected chi connectivity index (χ0v) is 16.2. The van der Waals surface area contributed by atoms with Crippen LogP contribution in [0, 0.1) is 0 Å². The molecule has 28 heavy (non-hydrogen) atoms. The minimum atomic E-state index is -0.405. The van der Waals surface area contributed by atoms with Gasteiger partial charge in [0.25, 0.3) is 5.91 Å². The highest BCUT2D eigenvalue weighted by molar-refractivity contribution is 5.94. The van der Waals surface area contributed by atoms with Gasteiger partial charge in [-0.05, 0) is 37.1 Å². The highest BCUT2D eigenvalue weighted by Gasteiger charge is 2.23. The van der Waals surface area contributed by atoms with Crippen molar-refractivity contribution < 1.29 is 14.3 Å². The average Bonchev–Trinajstić information content (AvgIpc) is 2.73. The zero-order valence-electron chi connectivity index (χ0n) is 16.2. The quantitative estimate of drug-likeness (QED) is 0.832. The molecule has 0 aromatic heterocycles. The van der Waals surface area contributed by atoms with Crippen LogP contribution in [0.3, 0.4) is 0 Å². The van der Waals surface area contributed by atoms with Crippen LogP contribution in [-0.2, 0) is 4.74 Å². The van der Waals surface area contributed by atoms with Crippen LogP contribution >= 0.6 is 0 Å². The summed E-state index contributed by atoms with van der Waals surface area (Å²) in [5, 5.41) is 2.75. The largest absolute Gasteiger partial charge is 0.446 e. The van der Waals surface area contributed by atoms with Crippen LogP contribution in [0.25, 0.3) is 0 Å². The molecule has 0 saturated carbocycles. The summed E-state index contributed by atoms with van der Waals surface area (Å²) < 4.78 is 5.52. The monoisotopic (exact) mass is 381 g/mol. The number of piperidine rings is 1. The topological polar surface area (TPSA) is 61.9 Å². The van der Waals surface area contributed by atoms with Crippen molar-refractivity contribution in [3.05, 3.63) is 66.2 Å². The number of nitrogens with one attached hydrogen (secondary N) is 1. The molecular weight excluding hydrogens is 354 g/mol. The summed E-state index contributed by atoms with van der Waals surface area (Å²) in [4.78, 5) is 28.4. The number of benzene rings is 2. The Morgan fingerprint density at radius 3 is 2.29 bits per heavy atom. The number of likely N-dealkylation sites (tertiary alicyclic amines) is 1. The molecule has 1 heterocycles. The molecule has 0 aliphatic carbocycles. The third-order valence-electron chi connectivity index (χ3n) is 4.95. The molecule has 1 aliphatic rings. The molecule has 0 atom stereocenters. The lowest BCUT2D eigenvalue weighted by atomic mass is 10.1. The number of anilines is 1. The van der Waals surface area contributed by atoms with Gasteiger partial charge in [0, 0.05) is 44.5 Å². The Bertz CT molecular complexity index is 759. The predicted molar refractivity (Wildman–Crippen MR) is 109 cm³/mol. The summed E-state index contributed by atoms with van der Waals surface area (Å²) in [5.41, 5.74) is 1.44. The molecule has 2 aromatic rings. The van der Waals surface area contributed by atoms with Crippen LogP contribution in [0.4, 0.5) is 10.5 Å². The van der Waals surface area contributed by atoms with E-state index < -0.39 is 6.09 Å². The molecule has 6 heteroatoms. The molecule has 1 fully saturated rings. The number of likely N-dealkylation sites (N-methyl/N-ethyl adjacent to an activating group) is 1. The maximum Gasteiger partial charge on any atom is 0.411 e. The summed E-state index contributed by atoms with van der Waals surface area (Å²) in [6.45, 7) is 3.21. The molecule has 0 bridgehead atoms. The number of hydrogen-bond acceptors (Lipinski definition) is 4. The standard InChI is InChI=1S/C22H27N3O3/c1-24(21(26)18-8-4-2-5-9-18)16-17-25-14-12-20(13-15-25)28-22(27)23-19-10-6-3-7-11-19/h2-11,20H,12-17H2,1H3,(H,23,27). The lowest BCUT2D eigenvalue weighted by molar-refractivity contribution is 0.0540. The maximum atomic E-state index is 12.4. The van der Waals surface area contributed by atoms with Crippen LogP contribution in [0.5, 0.6) is 0 Å². The lowest BCUT2D eigenvalue weighted by Gasteiger charge is -2.32. The SMILES string of the molecule is CN(CCN1CCC(OC(=O)Nc2ccccc2)CC1)C(=O)c1ccccc1. The number of para-hydroxylation sites is 1. The second-order valence-corrected chi connectivity index (χ2v) is 7.03. The lowest BCUT2D eigenvalue weighted by Crippen LogP contribution is -2.42. The second kappa shape index (κ2) is 9.90. The van der Waals surface area contributed by atoms with E-state index in [2.05, 4.69) is 10.2 Å². The molecule has 1 aliphatic heterocycles. The highest BCUT2D eigenvalue weighted by atomic mass is 16.6. The van der Waals surface area contributed by atoms with Crippen molar-refractivity contribution in [3.63, 3.8) is 0 Å². The molecule has 1 saturated heterocycles. The van der Waals surface area contributed by atoms with E-state index in [1.165, 1.54) is 0 Å². The normalized spacial score (nSPS) is 15.0. The van der Waals surface area contributed by atoms with E-state index >= 15 is 0 Å². The van der Waals surface area contributed by atoms with Crippen LogP contribution in [0.2, 0.25) is 0 Å². The fourth-order valence-electron chi connectivity index (χ4n) is 3.26. The van der Waals surface area contributed by atoms with Crippen LogP contribution in [-0.4, -0.2) is 61.1 Å². The number of rotatable bonds is 6. The van der Waals surface area contributed by atoms with Crippen LogP contribution < -0.4 is 5.32 Å². The van der Waals surface area contributed by atoms with Gasteiger partial charge in [0.1, 0.15) is 6.10 Å². The first kappa shape index (κ1) is 19.9. The van der Waals surface area contributed by atoms with Gasteiger partial charge in [-0.1, -0.05) is 36.4 Å². The number of nitrogens with zero attached hydrogens (tertiary/aromatic N) is 2. The van der Waals surface area contributed by atoms with E-state index in [0.717, 1.165) is 38.2 Å². The van der Waals surface area contributed by atoms with Crippen molar-refractivity contribution in [2.45, 2.75) is 18.9 Å². The fraction of sp³-hybridized carbons (Fsp3) is 0.364. The molecule has 0 spiro atoms. The molecule has 6 nitrogen and oxygen atoms in total. The first-order valence-electron chi connectivity index (χ1n) is 9.67. The number of hydrogen-bond donors (Lipinski definition) is 1. The van der Waals surface area contributed by atoms with Gasteiger partial charge in [0.15, 0.2) is 0 Å². The Labute approximate surface area is 166 Å². The molecular formula is C22H27N3O3. The van der Waals surface area contributed by atoms with E-state index in [1.54, 1.807) is 4.90 Å². The first-order chi connectivity index (χ1) is 13.6. The molecule has 2 aromatic carbocycles. The van der Waals surface area contributed by atoms with E-state index in [1.807, 2.05) is 67.7 Å². The summed E-state index contributed by atoms with van der Waals surface area (Å²) in [7, 11) is 1.83. The summed E-state index contributed by atoms with van der Waals surface area (Å²) in [5.74, 6) is 0.0383. The first-order valence-corrected chi connectivity index (χ1v) is 9.67. The fourth-order valence-corrected chi connectivity index (χ4v) is 3.26. The zero-order chi connectivity index (χ0) is 19.8. The van der Waals surface area contributed by atoms with E-state index in [-0.39, 0.29) is 12.0 Å². The Hall–Kier alpha value is -2.86. The number of carbonyl (C=O) groups is 2. The number of ether oxygens (including phenoxy) is 1. The van der Waals surface area contributed by atoms with Crippen molar-refractivity contribution in [2.24, 2.45) is 0 Å². The van der Waals surface area contributed by atoms with E-state index in [0.29, 0.717) is 12.1 Å². The number of amides is 2. The molecule has 2 amide bonds. The molecule has 0 unspecified atom stereocenters. The molecule has 1 N–H and O–H groups in total. The Kier molecular flexibility index (Phi) is 7.03. The third-order valence-corrected chi connectivity index (χ3v) is 4.95. The van der Waals surface area contributed by atoms with Gasteiger partial charge in [0.05, 0.1) is 0 Å². The van der Waals surface area contributed by atoms with Gasteiger partial charge in [-0.2, -0.15) is 0 Å². The molecule has 0 radical (unpaired) electrons. The van der Waals surface area contributed by atoms with E-state index in [9.17, 15) is 9.59 Å². The summed E-state index contributed by atoms with van der Waals surface area (Å²) in [6.07, 6.45) is 1.14. The summed E-state index contributed by atoms with van der Waals surface area (Å²) >= 11 is 0. The van der Waals surface area contributed by atoms with Crippen molar-refractivity contribution in [1.29, 1.82) is 0 Å². The Morgan fingerprint density at radius 2 is 1.64 bits per heavy atom. The van der Waals surface area contributed by atoms with Gasteiger partial charge < -0.3 is 14.5 Å². The van der Waals surface area contributed by atoms with Gasteiger partial charge >= 0.3 is 6.09 Å². The number of carbonyl (C=O) groups excluding carboxylic acids is 2. The molecule has 148 valence electrons. The van der Waals surface area contributed by atoms with E-state index in [4.69, 9.17) is 4.74 Å². The van der Waals surface area contributed by atoms with Crippen LogP contribution in [0.1, 0.15) is 23.2 Å². The van der Waals surface area contributed by atoms with Crippen molar-refractivity contribution >= 4 is 17.7 Å². The van der Waals surface area contributed by atoms with Crippen molar-refractivity contribution in [3.8, 4) is 0 Å². The smallest absolute Gasteiger partial charge is 0.411 e. The van der Waals surface area contributed by atoms with Crippen molar-refractivity contribution in [1.82, 2.24) is 9.80 Å². The molecule has 3 rings (SSSR count). The van der Waals surface area contributed by atoms with Gasteiger partial charge in [-0.15, -0.1) is 0 Å². The Balaban J connectivity index is 1.36. The second-order valence-electron chi connectivity index (χ2n) is 7.03. The van der Waals surface area contributed by atoms with Gasteiger partial charge in [0.2, 0.25) is 0 Å². The average molecular weight is 381 g/mol. The van der Waals surface area contributed by atoms with Gasteiger partial charge in [-0.25, -0.2) is 4.79 Å². The minimum absolute atomic E-state index is 0.0383. The minimum Gasteiger partial charge on any atom is -0.446 e. The predicted octanol–water partition coefficient (Wildman–Crippen LogP) is 3.47. The highest BCUT2D eigenvalue weighted by Crippen LogP contribution is 2.15. The maximum absolute atomic E-state index is 12.4. The van der Waals surface area contributed by atoms with Crippen molar-refractivity contribution in [2.75, 3.05) is 38.5 Å².